The van der Waals surface area contributed by atoms with E-state index in [1.165, 1.54) is 6.07 Å². The van der Waals surface area contributed by atoms with Crippen LogP contribution >= 0.6 is 23.2 Å². The van der Waals surface area contributed by atoms with Gasteiger partial charge in [-0.25, -0.2) is 9.97 Å². The van der Waals surface area contributed by atoms with Crippen LogP contribution in [0, 0.1) is 0 Å². The van der Waals surface area contributed by atoms with E-state index in [4.69, 9.17) is 23.2 Å². The van der Waals surface area contributed by atoms with Crippen molar-refractivity contribution < 1.29 is 0 Å². The quantitative estimate of drug-likeness (QED) is 0.708. The number of nitrogens with zero attached hydrogens (tertiary/aromatic N) is 2. The maximum absolute atomic E-state index is 5.82. The van der Waals surface area contributed by atoms with Crippen LogP contribution in [-0.4, -0.2) is 9.97 Å². The lowest BCUT2D eigenvalue weighted by atomic mass is 10.2. The Bertz CT molecular complexity index is 494. The molecule has 0 amide bonds. The first-order valence-corrected chi connectivity index (χ1v) is 5.43. The van der Waals surface area contributed by atoms with Gasteiger partial charge in [0.2, 0.25) is 0 Å². The average molecular weight is 251 g/mol. The van der Waals surface area contributed by atoms with Crippen LogP contribution in [0.25, 0.3) is 5.57 Å². The Morgan fingerprint density at radius 2 is 1.44 bits per heavy atom. The minimum Gasteiger partial charge on any atom is -0.216 e. The van der Waals surface area contributed by atoms with Gasteiger partial charge in [-0.05, 0) is 0 Å². The molecule has 16 heavy (non-hydrogen) atoms. The summed E-state index contributed by atoms with van der Waals surface area (Å²) in [4.78, 5) is 8.24. The van der Waals surface area contributed by atoms with Crippen LogP contribution in [0.4, 0.5) is 0 Å². The molecule has 0 unspecified atom stereocenters. The zero-order chi connectivity index (χ0) is 11.4. The van der Waals surface area contributed by atoms with E-state index in [1.807, 2.05) is 42.5 Å². The molecule has 1 aliphatic carbocycles. The lowest BCUT2D eigenvalue weighted by Crippen LogP contribution is -1.93. The first-order valence-electron chi connectivity index (χ1n) is 4.68. The van der Waals surface area contributed by atoms with Crippen LogP contribution in [0.3, 0.4) is 0 Å². The highest BCUT2D eigenvalue weighted by Gasteiger charge is 2.04. The van der Waals surface area contributed by atoms with E-state index in [2.05, 4.69) is 9.97 Å². The van der Waals surface area contributed by atoms with Crippen LogP contribution < -0.4 is 0 Å². The molecular formula is C12H8Cl2N2. The molecule has 1 aromatic heterocycles. The molecule has 1 aliphatic rings. The highest BCUT2D eigenvalue weighted by Crippen LogP contribution is 2.18. The summed E-state index contributed by atoms with van der Waals surface area (Å²) in [5.74, 6) is 0.522. The van der Waals surface area contributed by atoms with Crippen molar-refractivity contribution in [1.82, 2.24) is 9.97 Å². The molecule has 0 atom stereocenters. The molecular weight excluding hydrogens is 243 g/mol. The number of allylic oxidation sites excluding steroid dienone is 8. The van der Waals surface area contributed by atoms with Gasteiger partial charge in [0.1, 0.15) is 10.3 Å². The summed E-state index contributed by atoms with van der Waals surface area (Å²) in [6, 6.07) is 1.51. The maximum atomic E-state index is 5.82. The van der Waals surface area contributed by atoms with E-state index < -0.39 is 0 Å². The van der Waals surface area contributed by atoms with Crippen LogP contribution in [0.2, 0.25) is 10.3 Å². The molecule has 0 saturated heterocycles. The van der Waals surface area contributed by atoms with E-state index in [0.29, 0.717) is 16.1 Å². The molecule has 0 saturated carbocycles. The molecule has 0 radical (unpaired) electrons. The SMILES string of the molecule is Clc1cc(Cl)nc(C2=C/C=C\C=C/C=C\2)n1. The molecule has 0 spiro atoms. The van der Waals surface area contributed by atoms with Crippen molar-refractivity contribution in [2.45, 2.75) is 0 Å². The Morgan fingerprint density at radius 1 is 0.812 bits per heavy atom. The Morgan fingerprint density at radius 3 is 2.19 bits per heavy atom. The predicted octanol–water partition coefficient (Wildman–Crippen LogP) is 3.85. The molecule has 2 nitrogen and oxygen atoms in total. The van der Waals surface area contributed by atoms with E-state index in [9.17, 15) is 0 Å². The van der Waals surface area contributed by atoms with Crippen molar-refractivity contribution in [3.05, 3.63) is 64.7 Å². The molecule has 0 aromatic carbocycles. The monoisotopic (exact) mass is 250 g/mol. The maximum Gasteiger partial charge on any atom is 0.162 e. The second-order valence-electron chi connectivity index (χ2n) is 3.09. The van der Waals surface area contributed by atoms with Crippen molar-refractivity contribution in [3.63, 3.8) is 0 Å². The minimum atomic E-state index is 0.339. The molecule has 4 heteroatoms. The van der Waals surface area contributed by atoms with Crippen LogP contribution in [0.5, 0.6) is 0 Å². The lowest BCUT2D eigenvalue weighted by Gasteiger charge is -2.02. The molecule has 0 N–H and O–H groups in total. The Hall–Kier alpha value is -1.38. The molecule has 80 valence electrons. The minimum absolute atomic E-state index is 0.339. The highest BCUT2D eigenvalue weighted by molar-refractivity contribution is 6.33. The second-order valence-corrected chi connectivity index (χ2v) is 3.86. The van der Waals surface area contributed by atoms with E-state index in [0.717, 1.165) is 5.57 Å². The van der Waals surface area contributed by atoms with Gasteiger partial charge in [-0.3, -0.25) is 0 Å². The second kappa shape index (κ2) is 5.10. The van der Waals surface area contributed by atoms with Crippen LogP contribution in [0.15, 0.2) is 48.6 Å². The molecule has 0 aliphatic heterocycles. The van der Waals surface area contributed by atoms with Gasteiger partial charge in [0.15, 0.2) is 5.82 Å². The van der Waals surface area contributed by atoms with Crippen molar-refractivity contribution in [3.8, 4) is 0 Å². The molecule has 0 fully saturated rings. The molecule has 2 rings (SSSR count). The number of aromatic nitrogens is 2. The Labute approximate surface area is 104 Å². The van der Waals surface area contributed by atoms with Crippen molar-refractivity contribution in [2.75, 3.05) is 0 Å². The van der Waals surface area contributed by atoms with Crippen molar-refractivity contribution >= 4 is 28.8 Å². The summed E-state index contributed by atoms with van der Waals surface area (Å²) in [7, 11) is 0. The largest absolute Gasteiger partial charge is 0.216 e. The average Bonchev–Trinajstić information content (AvgIpc) is 2.14. The third kappa shape index (κ3) is 2.81. The number of hydrogen-bond donors (Lipinski definition) is 0. The fourth-order valence-electron chi connectivity index (χ4n) is 1.23. The van der Waals surface area contributed by atoms with Crippen molar-refractivity contribution in [2.24, 2.45) is 0 Å². The fourth-order valence-corrected chi connectivity index (χ4v) is 1.66. The van der Waals surface area contributed by atoms with Gasteiger partial charge < -0.3 is 0 Å². The van der Waals surface area contributed by atoms with Gasteiger partial charge in [-0.15, -0.1) is 0 Å². The van der Waals surface area contributed by atoms with Gasteiger partial charge in [-0.2, -0.15) is 0 Å². The third-order valence-corrected chi connectivity index (χ3v) is 2.31. The van der Waals surface area contributed by atoms with Gasteiger partial charge >= 0.3 is 0 Å². The zero-order valence-corrected chi connectivity index (χ0v) is 9.78. The van der Waals surface area contributed by atoms with Crippen LogP contribution in [-0.2, 0) is 0 Å². The third-order valence-electron chi connectivity index (χ3n) is 1.92. The normalized spacial score (nSPS) is 23.8. The van der Waals surface area contributed by atoms with Gasteiger partial charge in [-0.1, -0.05) is 65.7 Å². The summed E-state index contributed by atoms with van der Waals surface area (Å²) in [6.07, 6.45) is 13.4. The van der Waals surface area contributed by atoms with E-state index in [1.54, 1.807) is 0 Å². The lowest BCUT2D eigenvalue weighted by molar-refractivity contribution is 1.12. The van der Waals surface area contributed by atoms with Crippen molar-refractivity contribution in [1.29, 1.82) is 0 Å². The molecule has 1 aromatic rings. The van der Waals surface area contributed by atoms with E-state index in [-0.39, 0.29) is 0 Å². The summed E-state index contributed by atoms with van der Waals surface area (Å²) in [6.45, 7) is 0. The summed E-state index contributed by atoms with van der Waals surface area (Å²) < 4.78 is 0. The number of hydrogen-bond acceptors (Lipinski definition) is 2. The van der Waals surface area contributed by atoms with Gasteiger partial charge in [0.25, 0.3) is 0 Å². The topological polar surface area (TPSA) is 25.8 Å². The Kier molecular flexibility index (Phi) is 3.54. The first-order chi connectivity index (χ1) is 7.75. The number of rotatable bonds is 1. The van der Waals surface area contributed by atoms with Crippen LogP contribution in [0.1, 0.15) is 5.82 Å². The number of halogens is 2. The molecule has 1 heterocycles. The van der Waals surface area contributed by atoms with Gasteiger partial charge in [0.05, 0.1) is 0 Å². The zero-order valence-electron chi connectivity index (χ0n) is 8.27. The van der Waals surface area contributed by atoms with Gasteiger partial charge in [0, 0.05) is 11.6 Å². The smallest absolute Gasteiger partial charge is 0.162 e. The standard InChI is InChI=1S/C12H8Cl2N2/c13-10-8-11(14)16-12(15-10)9-6-4-2-1-3-5-7-9/h1-8H/b2-1-,3-1?,4-2?,5-3-,6-4-,7-5?,9-6?,9-7+. The predicted molar refractivity (Wildman–Crippen MR) is 67.4 cm³/mol. The first kappa shape index (κ1) is 11.1. The summed E-state index contributed by atoms with van der Waals surface area (Å²) in [5, 5.41) is 0.678. The van der Waals surface area contributed by atoms with E-state index >= 15 is 0 Å². The Balaban J connectivity index is 2.43. The summed E-state index contributed by atoms with van der Waals surface area (Å²) >= 11 is 11.6. The summed E-state index contributed by atoms with van der Waals surface area (Å²) in [5.41, 5.74) is 0.866. The molecule has 0 bridgehead atoms. The fraction of sp³-hybridized carbons (Fsp3) is 0. The highest BCUT2D eigenvalue weighted by atomic mass is 35.5.